The van der Waals surface area contributed by atoms with E-state index in [1.165, 1.54) is 0 Å². The van der Waals surface area contributed by atoms with Gasteiger partial charge in [-0.3, -0.25) is 4.79 Å². The quantitative estimate of drug-likeness (QED) is 0.556. The highest BCUT2D eigenvalue weighted by atomic mass is 32.2. The number of sulfonamides is 1. The number of hydrogen-bond acceptors (Lipinski definition) is 4. The largest absolute Gasteiger partial charge is 0.481 e. The van der Waals surface area contributed by atoms with Crippen LogP contribution in [0.1, 0.15) is 33.6 Å². The Bertz CT molecular complexity index is 353. The standard InChI is InChI=1S/C12H25NO5S/c1-4-18-5-6-19(16,17)13-9-11(7-10(2)3)8-12(14)15/h10-11,13H,4-9H2,1-3H3,(H,14,15). The summed E-state index contributed by atoms with van der Waals surface area (Å²) >= 11 is 0. The van der Waals surface area contributed by atoms with E-state index in [0.717, 1.165) is 0 Å². The molecule has 0 aromatic heterocycles. The molecule has 19 heavy (non-hydrogen) atoms. The van der Waals surface area contributed by atoms with Crippen molar-refractivity contribution in [2.24, 2.45) is 11.8 Å². The van der Waals surface area contributed by atoms with Crippen molar-refractivity contribution in [1.82, 2.24) is 4.72 Å². The zero-order chi connectivity index (χ0) is 14.9. The van der Waals surface area contributed by atoms with Crippen LogP contribution in [-0.4, -0.2) is 45.0 Å². The highest BCUT2D eigenvalue weighted by Crippen LogP contribution is 2.15. The molecule has 1 atom stereocenters. The fourth-order valence-electron chi connectivity index (χ4n) is 1.78. The number of nitrogens with one attached hydrogen (secondary N) is 1. The van der Waals surface area contributed by atoms with E-state index in [9.17, 15) is 13.2 Å². The Hall–Kier alpha value is -0.660. The third-order valence-electron chi connectivity index (χ3n) is 2.56. The molecule has 0 saturated heterocycles. The summed E-state index contributed by atoms with van der Waals surface area (Å²) in [5.74, 6) is -0.849. The molecule has 1 unspecified atom stereocenters. The van der Waals surface area contributed by atoms with Gasteiger partial charge in [-0.25, -0.2) is 13.1 Å². The van der Waals surface area contributed by atoms with Crippen molar-refractivity contribution in [3.8, 4) is 0 Å². The van der Waals surface area contributed by atoms with Crippen LogP contribution in [0.25, 0.3) is 0 Å². The second-order valence-electron chi connectivity index (χ2n) is 4.96. The average Bonchev–Trinajstić information content (AvgIpc) is 2.25. The lowest BCUT2D eigenvalue weighted by molar-refractivity contribution is -0.138. The first kappa shape index (κ1) is 18.3. The van der Waals surface area contributed by atoms with Gasteiger partial charge in [0.1, 0.15) is 0 Å². The van der Waals surface area contributed by atoms with Crippen LogP contribution >= 0.6 is 0 Å². The summed E-state index contributed by atoms with van der Waals surface area (Å²) in [6.07, 6.45) is 0.659. The summed E-state index contributed by atoms with van der Waals surface area (Å²) in [7, 11) is -3.39. The lowest BCUT2D eigenvalue weighted by atomic mass is 9.94. The first-order chi connectivity index (χ1) is 8.76. The summed E-state index contributed by atoms with van der Waals surface area (Å²) in [6, 6.07) is 0. The topological polar surface area (TPSA) is 92.7 Å². The smallest absolute Gasteiger partial charge is 0.303 e. The predicted molar refractivity (Wildman–Crippen MR) is 73.5 cm³/mol. The first-order valence-corrected chi connectivity index (χ1v) is 8.19. The molecular weight excluding hydrogens is 270 g/mol. The molecule has 2 N–H and O–H groups in total. The second kappa shape index (κ2) is 9.28. The summed E-state index contributed by atoms with van der Waals surface area (Å²) in [6.45, 7) is 6.56. The van der Waals surface area contributed by atoms with Gasteiger partial charge >= 0.3 is 5.97 Å². The van der Waals surface area contributed by atoms with Gasteiger partial charge in [-0.15, -0.1) is 0 Å². The third-order valence-corrected chi connectivity index (χ3v) is 3.87. The number of aliphatic carboxylic acids is 1. The minimum Gasteiger partial charge on any atom is -0.481 e. The molecule has 0 radical (unpaired) electrons. The second-order valence-corrected chi connectivity index (χ2v) is 6.88. The molecule has 0 aromatic carbocycles. The maximum Gasteiger partial charge on any atom is 0.303 e. The number of rotatable bonds is 11. The summed E-state index contributed by atoms with van der Waals surface area (Å²) in [5, 5.41) is 8.80. The Morgan fingerprint density at radius 3 is 2.47 bits per heavy atom. The van der Waals surface area contributed by atoms with Crippen molar-refractivity contribution >= 4 is 16.0 Å². The van der Waals surface area contributed by atoms with E-state index >= 15 is 0 Å². The number of ether oxygens (including phenoxy) is 1. The van der Waals surface area contributed by atoms with Crippen LogP contribution in [0.2, 0.25) is 0 Å². The van der Waals surface area contributed by atoms with Crippen molar-refractivity contribution < 1.29 is 23.1 Å². The van der Waals surface area contributed by atoms with E-state index < -0.39 is 16.0 Å². The van der Waals surface area contributed by atoms with E-state index in [1.807, 2.05) is 13.8 Å². The molecule has 0 fully saturated rings. The molecule has 0 aliphatic carbocycles. The van der Waals surface area contributed by atoms with Crippen molar-refractivity contribution in [2.45, 2.75) is 33.6 Å². The van der Waals surface area contributed by atoms with Crippen molar-refractivity contribution in [3.05, 3.63) is 0 Å². The van der Waals surface area contributed by atoms with Crippen LogP contribution in [0, 0.1) is 11.8 Å². The maximum atomic E-state index is 11.6. The SMILES string of the molecule is CCOCCS(=O)(=O)NCC(CC(=O)O)CC(C)C. The van der Waals surface area contributed by atoms with Gasteiger partial charge in [0.2, 0.25) is 10.0 Å². The molecule has 0 aliphatic rings. The molecular formula is C12H25NO5S. The van der Waals surface area contributed by atoms with Gasteiger partial charge in [0.15, 0.2) is 0 Å². The Morgan fingerprint density at radius 1 is 1.37 bits per heavy atom. The predicted octanol–water partition coefficient (Wildman–Crippen LogP) is 1.08. The fourth-order valence-corrected chi connectivity index (χ4v) is 2.75. The van der Waals surface area contributed by atoms with Crippen molar-refractivity contribution in [1.29, 1.82) is 0 Å². The van der Waals surface area contributed by atoms with Gasteiger partial charge in [-0.1, -0.05) is 13.8 Å². The molecule has 0 spiro atoms. The van der Waals surface area contributed by atoms with Crippen LogP contribution < -0.4 is 4.72 Å². The van der Waals surface area contributed by atoms with Gasteiger partial charge in [-0.05, 0) is 25.2 Å². The van der Waals surface area contributed by atoms with E-state index in [-0.39, 0.29) is 31.2 Å². The molecule has 0 rings (SSSR count). The third kappa shape index (κ3) is 10.9. The highest BCUT2D eigenvalue weighted by molar-refractivity contribution is 7.89. The zero-order valence-electron chi connectivity index (χ0n) is 11.9. The van der Waals surface area contributed by atoms with E-state index in [1.54, 1.807) is 6.92 Å². The van der Waals surface area contributed by atoms with E-state index in [4.69, 9.17) is 9.84 Å². The zero-order valence-corrected chi connectivity index (χ0v) is 12.7. The van der Waals surface area contributed by atoms with Crippen LogP contribution in [0.3, 0.4) is 0 Å². The monoisotopic (exact) mass is 295 g/mol. The van der Waals surface area contributed by atoms with Crippen LogP contribution in [0.5, 0.6) is 0 Å². The summed E-state index contributed by atoms with van der Waals surface area (Å²) in [5.41, 5.74) is 0. The summed E-state index contributed by atoms with van der Waals surface area (Å²) < 4.78 is 30.7. The Morgan fingerprint density at radius 2 is 2.00 bits per heavy atom. The molecule has 0 saturated carbocycles. The van der Waals surface area contributed by atoms with Crippen LogP contribution in [0.4, 0.5) is 0 Å². The van der Waals surface area contributed by atoms with Crippen molar-refractivity contribution in [3.63, 3.8) is 0 Å². The molecule has 0 aromatic rings. The molecule has 0 amide bonds. The molecule has 114 valence electrons. The van der Waals surface area contributed by atoms with Crippen molar-refractivity contribution in [2.75, 3.05) is 25.5 Å². The highest BCUT2D eigenvalue weighted by Gasteiger charge is 2.18. The fraction of sp³-hybridized carbons (Fsp3) is 0.917. The lowest BCUT2D eigenvalue weighted by Crippen LogP contribution is -2.33. The van der Waals surface area contributed by atoms with Gasteiger partial charge < -0.3 is 9.84 Å². The van der Waals surface area contributed by atoms with Gasteiger partial charge in [0.25, 0.3) is 0 Å². The normalized spacial score (nSPS) is 13.7. The Kier molecular flexibility index (Phi) is 8.95. The Balaban J connectivity index is 4.24. The van der Waals surface area contributed by atoms with Crippen LogP contribution in [0.15, 0.2) is 0 Å². The van der Waals surface area contributed by atoms with Gasteiger partial charge in [-0.2, -0.15) is 0 Å². The maximum absolute atomic E-state index is 11.6. The Labute approximate surface area is 115 Å². The molecule has 0 aliphatic heterocycles. The molecule has 6 nitrogen and oxygen atoms in total. The minimum atomic E-state index is -3.39. The number of carbonyl (C=O) groups is 1. The van der Waals surface area contributed by atoms with Gasteiger partial charge in [0, 0.05) is 19.6 Å². The number of carboxylic acid groups (broad SMARTS) is 1. The first-order valence-electron chi connectivity index (χ1n) is 6.53. The average molecular weight is 295 g/mol. The molecule has 0 heterocycles. The number of hydrogen-bond donors (Lipinski definition) is 2. The minimum absolute atomic E-state index is 0.0217. The van der Waals surface area contributed by atoms with Crippen LogP contribution in [-0.2, 0) is 19.6 Å². The molecule has 7 heteroatoms. The van der Waals surface area contributed by atoms with Gasteiger partial charge in [0.05, 0.1) is 12.4 Å². The lowest BCUT2D eigenvalue weighted by Gasteiger charge is -2.17. The van der Waals surface area contributed by atoms with E-state index in [0.29, 0.717) is 18.9 Å². The summed E-state index contributed by atoms with van der Waals surface area (Å²) in [4.78, 5) is 10.7. The number of carboxylic acids is 1. The molecule has 0 bridgehead atoms. The van der Waals surface area contributed by atoms with E-state index in [2.05, 4.69) is 4.72 Å².